The highest BCUT2D eigenvalue weighted by Crippen LogP contribution is 2.39. The Hall–Kier alpha value is -1.71. The van der Waals surface area contributed by atoms with Crippen molar-refractivity contribution in [3.63, 3.8) is 0 Å². The van der Waals surface area contributed by atoms with Gasteiger partial charge in [0.05, 0.1) is 0 Å². The molecule has 15 heavy (non-hydrogen) atoms. The lowest BCUT2D eigenvalue weighted by atomic mass is 10.3. The van der Waals surface area contributed by atoms with Crippen molar-refractivity contribution in [2.24, 2.45) is 0 Å². The van der Waals surface area contributed by atoms with Gasteiger partial charge in [0.1, 0.15) is 18.0 Å². The predicted molar refractivity (Wildman–Crippen MR) is 53.3 cm³/mol. The zero-order chi connectivity index (χ0) is 10.3. The van der Waals surface area contributed by atoms with Gasteiger partial charge >= 0.3 is 0 Å². The molecular formula is C11H10FN3. The van der Waals surface area contributed by atoms with E-state index >= 15 is 0 Å². The molecule has 2 aromatic rings. The number of hydrogen-bond donors (Lipinski definition) is 0. The normalized spacial score (nSPS) is 15.5. The van der Waals surface area contributed by atoms with Gasteiger partial charge in [0.2, 0.25) is 0 Å². The highest BCUT2D eigenvalue weighted by Gasteiger charge is 2.28. The third-order valence-corrected chi connectivity index (χ3v) is 2.62. The summed E-state index contributed by atoms with van der Waals surface area (Å²) in [7, 11) is 0. The molecule has 1 fully saturated rings. The van der Waals surface area contributed by atoms with Crippen LogP contribution in [0.1, 0.15) is 24.6 Å². The highest BCUT2D eigenvalue weighted by molar-refractivity contribution is 5.33. The second-order valence-electron chi connectivity index (χ2n) is 3.81. The Morgan fingerprint density at radius 2 is 1.93 bits per heavy atom. The minimum atomic E-state index is -0.222. The third-order valence-electron chi connectivity index (χ3n) is 2.62. The number of halogens is 1. The molecule has 0 atom stereocenters. The Balaban J connectivity index is 2.04. The van der Waals surface area contributed by atoms with Crippen molar-refractivity contribution in [2.45, 2.75) is 18.8 Å². The van der Waals surface area contributed by atoms with Crippen LogP contribution in [0.25, 0.3) is 5.69 Å². The van der Waals surface area contributed by atoms with E-state index in [0.29, 0.717) is 5.92 Å². The van der Waals surface area contributed by atoms with E-state index in [4.69, 9.17) is 0 Å². The Morgan fingerprint density at radius 3 is 2.60 bits per heavy atom. The fraction of sp³-hybridized carbons (Fsp3) is 0.273. The van der Waals surface area contributed by atoms with E-state index in [-0.39, 0.29) is 5.82 Å². The fourth-order valence-electron chi connectivity index (χ4n) is 1.66. The Labute approximate surface area is 86.6 Å². The first-order valence-corrected chi connectivity index (χ1v) is 5.00. The lowest BCUT2D eigenvalue weighted by Crippen LogP contribution is -1.98. The molecule has 1 aliphatic carbocycles. The smallest absolute Gasteiger partial charge is 0.140 e. The second-order valence-corrected chi connectivity index (χ2v) is 3.81. The largest absolute Gasteiger partial charge is 0.285 e. The van der Waals surface area contributed by atoms with E-state index in [9.17, 15) is 4.39 Å². The Morgan fingerprint density at radius 1 is 1.20 bits per heavy atom. The minimum Gasteiger partial charge on any atom is -0.285 e. The van der Waals surface area contributed by atoms with Crippen LogP contribution >= 0.6 is 0 Å². The third kappa shape index (κ3) is 1.52. The van der Waals surface area contributed by atoms with Gasteiger partial charge in [-0.15, -0.1) is 10.2 Å². The molecule has 1 saturated carbocycles. The zero-order valence-corrected chi connectivity index (χ0v) is 8.10. The van der Waals surface area contributed by atoms with E-state index in [1.807, 2.05) is 4.57 Å². The number of rotatable bonds is 2. The molecule has 4 heteroatoms. The summed E-state index contributed by atoms with van der Waals surface area (Å²) < 4.78 is 14.7. The molecule has 76 valence electrons. The number of nitrogens with zero attached hydrogens (tertiary/aromatic N) is 3. The van der Waals surface area contributed by atoms with Crippen molar-refractivity contribution >= 4 is 0 Å². The van der Waals surface area contributed by atoms with E-state index in [0.717, 1.165) is 11.5 Å². The van der Waals surface area contributed by atoms with Crippen molar-refractivity contribution in [3.05, 3.63) is 42.2 Å². The SMILES string of the molecule is Fc1ccc(-n2cnnc2C2CC2)cc1. The van der Waals surface area contributed by atoms with Crippen LogP contribution in [-0.2, 0) is 0 Å². The molecule has 0 radical (unpaired) electrons. The first-order chi connectivity index (χ1) is 7.34. The summed E-state index contributed by atoms with van der Waals surface area (Å²) in [6.07, 6.45) is 4.04. The van der Waals surface area contributed by atoms with Crippen LogP contribution < -0.4 is 0 Å². The van der Waals surface area contributed by atoms with Crippen molar-refractivity contribution in [3.8, 4) is 5.69 Å². The summed E-state index contributed by atoms with van der Waals surface area (Å²) in [5, 5.41) is 8.00. The van der Waals surface area contributed by atoms with Crippen LogP contribution in [0.4, 0.5) is 4.39 Å². The molecule has 1 aromatic carbocycles. The van der Waals surface area contributed by atoms with Crippen LogP contribution in [0.3, 0.4) is 0 Å². The average Bonchev–Trinajstić information content (AvgIpc) is 2.98. The zero-order valence-electron chi connectivity index (χ0n) is 8.10. The quantitative estimate of drug-likeness (QED) is 0.749. The summed E-state index contributed by atoms with van der Waals surface area (Å²) >= 11 is 0. The van der Waals surface area contributed by atoms with Gasteiger partial charge in [-0.1, -0.05) is 0 Å². The maximum atomic E-state index is 12.8. The topological polar surface area (TPSA) is 30.7 Å². The molecule has 1 heterocycles. The molecule has 0 spiro atoms. The van der Waals surface area contributed by atoms with Crippen LogP contribution in [0.5, 0.6) is 0 Å². The summed E-state index contributed by atoms with van der Waals surface area (Å²) in [5.74, 6) is 1.30. The van der Waals surface area contributed by atoms with Gasteiger partial charge in [0.25, 0.3) is 0 Å². The van der Waals surface area contributed by atoms with Gasteiger partial charge in [0.15, 0.2) is 0 Å². The first-order valence-electron chi connectivity index (χ1n) is 5.00. The van der Waals surface area contributed by atoms with Crippen molar-refractivity contribution in [2.75, 3.05) is 0 Å². The van der Waals surface area contributed by atoms with Gasteiger partial charge < -0.3 is 0 Å². The highest BCUT2D eigenvalue weighted by atomic mass is 19.1. The van der Waals surface area contributed by atoms with Crippen LogP contribution in [0.15, 0.2) is 30.6 Å². The lowest BCUT2D eigenvalue weighted by molar-refractivity contribution is 0.627. The van der Waals surface area contributed by atoms with Crippen LogP contribution in [0, 0.1) is 5.82 Å². The Kier molecular flexibility index (Phi) is 1.80. The molecule has 0 saturated heterocycles. The van der Waals surface area contributed by atoms with Crippen molar-refractivity contribution in [1.29, 1.82) is 0 Å². The van der Waals surface area contributed by atoms with E-state index < -0.39 is 0 Å². The molecule has 3 rings (SSSR count). The van der Waals surface area contributed by atoms with Gasteiger partial charge in [-0.05, 0) is 37.1 Å². The fourth-order valence-corrected chi connectivity index (χ4v) is 1.66. The molecule has 0 amide bonds. The van der Waals surface area contributed by atoms with Crippen molar-refractivity contribution < 1.29 is 4.39 Å². The number of aromatic nitrogens is 3. The number of hydrogen-bond acceptors (Lipinski definition) is 2. The van der Waals surface area contributed by atoms with Gasteiger partial charge in [-0.25, -0.2) is 4.39 Å². The van der Waals surface area contributed by atoms with Gasteiger partial charge in [-0.3, -0.25) is 4.57 Å². The predicted octanol–water partition coefficient (Wildman–Crippen LogP) is 2.28. The van der Waals surface area contributed by atoms with E-state index in [1.54, 1.807) is 18.5 Å². The lowest BCUT2D eigenvalue weighted by Gasteiger charge is -2.04. The second kappa shape index (κ2) is 3.15. The number of benzene rings is 1. The molecule has 0 N–H and O–H groups in total. The standard InChI is InChI=1S/C11H10FN3/c12-9-3-5-10(6-4-9)15-7-13-14-11(15)8-1-2-8/h3-8H,1-2H2. The van der Waals surface area contributed by atoms with Crippen LogP contribution in [-0.4, -0.2) is 14.8 Å². The molecule has 0 aliphatic heterocycles. The van der Waals surface area contributed by atoms with E-state index in [1.165, 1.54) is 25.0 Å². The summed E-state index contributed by atoms with van der Waals surface area (Å²) in [6, 6.07) is 6.38. The first kappa shape index (κ1) is 8.59. The van der Waals surface area contributed by atoms with Crippen LogP contribution in [0.2, 0.25) is 0 Å². The summed E-state index contributed by atoms with van der Waals surface area (Å²) in [6.45, 7) is 0. The molecule has 1 aliphatic rings. The molecule has 1 aromatic heterocycles. The average molecular weight is 203 g/mol. The van der Waals surface area contributed by atoms with Gasteiger partial charge in [0, 0.05) is 11.6 Å². The molecule has 0 bridgehead atoms. The van der Waals surface area contributed by atoms with Crippen molar-refractivity contribution in [1.82, 2.24) is 14.8 Å². The maximum absolute atomic E-state index is 12.8. The molecular weight excluding hydrogens is 193 g/mol. The maximum Gasteiger partial charge on any atom is 0.140 e. The summed E-state index contributed by atoms with van der Waals surface area (Å²) in [5.41, 5.74) is 0.920. The minimum absolute atomic E-state index is 0.222. The molecule has 3 nitrogen and oxygen atoms in total. The summed E-state index contributed by atoms with van der Waals surface area (Å²) in [4.78, 5) is 0. The monoisotopic (exact) mass is 203 g/mol. The Bertz CT molecular complexity index is 471. The van der Waals surface area contributed by atoms with E-state index in [2.05, 4.69) is 10.2 Å². The molecule has 0 unspecified atom stereocenters. The van der Waals surface area contributed by atoms with Gasteiger partial charge in [-0.2, -0.15) is 0 Å².